The van der Waals surface area contributed by atoms with Crippen LogP contribution in [0.25, 0.3) is 0 Å². The lowest BCUT2D eigenvalue weighted by atomic mass is 10.0. The van der Waals surface area contributed by atoms with Crippen molar-refractivity contribution in [1.82, 2.24) is 0 Å². The van der Waals surface area contributed by atoms with E-state index < -0.39 is 0 Å². The lowest BCUT2D eigenvalue weighted by Crippen LogP contribution is -2.30. The third-order valence-corrected chi connectivity index (χ3v) is 3.07. The summed E-state index contributed by atoms with van der Waals surface area (Å²) in [6.07, 6.45) is 0. The number of benzene rings is 1. The third kappa shape index (κ3) is 1.69. The summed E-state index contributed by atoms with van der Waals surface area (Å²) in [5.74, 6) is 0.0693. The van der Waals surface area contributed by atoms with Gasteiger partial charge in [0.1, 0.15) is 0 Å². The minimum atomic E-state index is -0.0169. The summed E-state index contributed by atoms with van der Waals surface area (Å²) in [6, 6.07) is 6.15. The van der Waals surface area contributed by atoms with E-state index in [-0.39, 0.29) is 17.9 Å². The molecular formula is C12H16N2O. The second kappa shape index (κ2) is 3.57. The molecule has 1 amide bonds. The van der Waals surface area contributed by atoms with E-state index in [1.54, 1.807) is 0 Å². The van der Waals surface area contributed by atoms with Crippen molar-refractivity contribution in [1.29, 1.82) is 0 Å². The van der Waals surface area contributed by atoms with Crippen molar-refractivity contribution in [3.8, 4) is 0 Å². The zero-order chi connectivity index (χ0) is 11.0. The van der Waals surface area contributed by atoms with Crippen molar-refractivity contribution in [2.75, 3.05) is 10.6 Å². The Morgan fingerprint density at radius 2 is 2.00 bits per heavy atom. The molecule has 1 aromatic rings. The van der Waals surface area contributed by atoms with Gasteiger partial charge in [0.25, 0.3) is 0 Å². The fourth-order valence-electron chi connectivity index (χ4n) is 1.79. The van der Waals surface area contributed by atoms with Crippen LogP contribution in [-0.2, 0) is 4.79 Å². The van der Waals surface area contributed by atoms with Gasteiger partial charge in [-0.25, -0.2) is 0 Å². The molecule has 1 aliphatic heterocycles. The SMILES string of the molecule is Cc1cccc2c1NC(=O)C(C)C(C)N2. The van der Waals surface area contributed by atoms with Crippen LogP contribution < -0.4 is 10.6 Å². The molecule has 0 bridgehead atoms. The third-order valence-electron chi connectivity index (χ3n) is 3.07. The molecule has 1 aliphatic rings. The number of para-hydroxylation sites is 1. The Labute approximate surface area is 89.9 Å². The van der Waals surface area contributed by atoms with Crippen LogP contribution in [0, 0.1) is 12.8 Å². The molecule has 2 N–H and O–H groups in total. The van der Waals surface area contributed by atoms with Gasteiger partial charge in [-0.3, -0.25) is 4.79 Å². The van der Waals surface area contributed by atoms with Gasteiger partial charge in [0.15, 0.2) is 0 Å². The predicted molar refractivity (Wildman–Crippen MR) is 62.1 cm³/mol. The topological polar surface area (TPSA) is 41.1 Å². The Morgan fingerprint density at radius 3 is 2.73 bits per heavy atom. The van der Waals surface area contributed by atoms with Crippen molar-refractivity contribution in [2.45, 2.75) is 26.8 Å². The molecule has 0 fully saturated rings. The van der Waals surface area contributed by atoms with Crippen LogP contribution in [0.4, 0.5) is 11.4 Å². The highest BCUT2D eigenvalue weighted by atomic mass is 16.1. The molecule has 1 aromatic carbocycles. The molecule has 0 saturated heterocycles. The number of fused-ring (bicyclic) bond motifs is 1. The molecule has 3 heteroatoms. The number of anilines is 2. The van der Waals surface area contributed by atoms with Gasteiger partial charge < -0.3 is 10.6 Å². The fourth-order valence-corrected chi connectivity index (χ4v) is 1.79. The van der Waals surface area contributed by atoms with Gasteiger partial charge in [-0.05, 0) is 25.5 Å². The normalized spacial score (nSPS) is 24.9. The van der Waals surface area contributed by atoms with Gasteiger partial charge in [0.2, 0.25) is 5.91 Å². The maximum atomic E-state index is 11.8. The number of nitrogens with one attached hydrogen (secondary N) is 2. The summed E-state index contributed by atoms with van der Waals surface area (Å²) in [5.41, 5.74) is 3.02. The summed E-state index contributed by atoms with van der Waals surface area (Å²) in [6.45, 7) is 5.97. The molecule has 3 nitrogen and oxygen atoms in total. The van der Waals surface area contributed by atoms with Gasteiger partial charge in [0, 0.05) is 6.04 Å². The number of hydrogen-bond donors (Lipinski definition) is 2. The average Bonchev–Trinajstić information content (AvgIpc) is 2.30. The molecule has 0 radical (unpaired) electrons. The number of amides is 1. The van der Waals surface area contributed by atoms with Gasteiger partial charge >= 0.3 is 0 Å². The van der Waals surface area contributed by atoms with Gasteiger partial charge in [-0.1, -0.05) is 19.1 Å². The smallest absolute Gasteiger partial charge is 0.229 e. The van der Waals surface area contributed by atoms with E-state index >= 15 is 0 Å². The monoisotopic (exact) mass is 204 g/mol. The van der Waals surface area contributed by atoms with Crippen LogP contribution in [0.2, 0.25) is 0 Å². The van der Waals surface area contributed by atoms with Gasteiger partial charge in [-0.2, -0.15) is 0 Å². The number of carbonyl (C=O) groups is 1. The molecule has 0 spiro atoms. The molecular weight excluding hydrogens is 188 g/mol. The maximum Gasteiger partial charge on any atom is 0.229 e. The van der Waals surface area contributed by atoms with E-state index in [4.69, 9.17) is 0 Å². The number of carbonyl (C=O) groups excluding carboxylic acids is 1. The Bertz CT molecular complexity index is 401. The van der Waals surface area contributed by atoms with Crippen molar-refractivity contribution in [2.24, 2.45) is 5.92 Å². The number of rotatable bonds is 0. The van der Waals surface area contributed by atoms with Crippen molar-refractivity contribution in [3.63, 3.8) is 0 Å². The lowest BCUT2D eigenvalue weighted by molar-refractivity contribution is -0.119. The highest BCUT2D eigenvalue weighted by molar-refractivity contribution is 5.98. The molecule has 0 aromatic heterocycles. The second-order valence-electron chi connectivity index (χ2n) is 4.21. The highest BCUT2D eigenvalue weighted by Gasteiger charge is 2.25. The Kier molecular flexibility index (Phi) is 2.39. The molecule has 2 atom stereocenters. The number of aryl methyl sites for hydroxylation is 1. The van der Waals surface area contributed by atoms with E-state index in [9.17, 15) is 4.79 Å². The van der Waals surface area contributed by atoms with Gasteiger partial charge in [-0.15, -0.1) is 0 Å². The van der Waals surface area contributed by atoms with Gasteiger partial charge in [0.05, 0.1) is 17.3 Å². The van der Waals surface area contributed by atoms with Crippen molar-refractivity contribution < 1.29 is 4.79 Å². The van der Waals surface area contributed by atoms with E-state index in [0.717, 1.165) is 16.9 Å². The predicted octanol–water partition coefficient (Wildman–Crippen LogP) is 2.38. The molecule has 0 aliphatic carbocycles. The Balaban J connectivity index is 2.47. The van der Waals surface area contributed by atoms with Crippen molar-refractivity contribution in [3.05, 3.63) is 23.8 Å². The Hall–Kier alpha value is -1.51. The molecule has 2 rings (SSSR count). The highest BCUT2D eigenvalue weighted by Crippen LogP contribution is 2.30. The van der Waals surface area contributed by atoms with Crippen LogP contribution >= 0.6 is 0 Å². The standard InChI is InChI=1S/C12H16N2O/c1-7-5-4-6-10-11(7)14-12(15)8(2)9(3)13-10/h4-6,8-9,13H,1-3H3,(H,14,15). The van der Waals surface area contributed by atoms with E-state index in [2.05, 4.69) is 10.6 Å². The summed E-state index contributed by atoms with van der Waals surface area (Å²) < 4.78 is 0. The van der Waals surface area contributed by atoms with Crippen molar-refractivity contribution >= 4 is 17.3 Å². The number of hydrogen-bond acceptors (Lipinski definition) is 2. The first-order chi connectivity index (χ1) is 7.09. The van der Waals surface area contributed by atoms with Crippen LogP contribution in [0.3, 0.4) is 0 Å². The van der Waals surface area contributed by atoms with Crippen LogP contribution in [0.15, 0.2) is 18.2 Å². The largest absolute Gasteiger partial charge is 0.380 e. The minimum absolute atomic E-state index is 0.0169. The first-order valence-corrected chi connectivity index (χ1v) is 5.26. The summed E-state index contributed by atoms with van der Waals surface area (Å²) in [7, 11) is 0. The maximum absolute atomic E-state index is 11.8. The van der Waals surface area contributed by atoms with Crippen LogP contribution in [0.5, 0.6) is 0 Å². The fraction of sp³-hybridized carbons (Fsp3) is 0.417. The summed E-state index contributed by atoms with van der Waals surface area (Å²) in [5, 5.41) is 6.33. The van der Waals surface area contributed by atoms with Crippen LogP contribution in [-0.4, -0.2) is 11.9 Å². The first kappa shape index (κ1) is 10.0. The second-order valence-corrected chi connectivity index (χ2v) is 4.21. The quantitative estimate of drug-likeness (QED) is 0.681. The summed E-state index contributed by atoms with van der Waals surface area (Å²) in [4.78, 5) is 11.8. The first-order valence-electron chi connectivity index (χ1n) is 5.26. The van der Waals surface area contributed by atoms with Crippen LogP contribution in [0.1, 0.15) is 19.4 Å². The Morgan fingerprint density at radius 1 is 1.27 bits per heavy atom. The molecule has 0 saturated carbocycles. The molecule has 2 unspecified atom stereocenters. The minimum Gasteiger partial charge on any atom is -0.380 e. The zero-order valence-corrected chi connectivity index (χ0v) is 9.29. The zero-order valence-electron chi connectivity index (χ0n) is 9.29. The lowest BCUT2D eigenvalue weighted by Gasteiger charge is -2.16. The molecule has 1 heterocycles. The van der Waals surface area contributed by atoms with E-state index in [0.29, 0.717) is 0 Å². The van der Waals surface area contributed by atoms with E-state index in [1.807, 2.05) is 39.0 Å². The molecule has 80 valence electrons. The molecule has 15 heavy (non-hydrogen) atoms. The average molecular weight is 204 g/mol. The van der Waals surface area contributed by atoms with E-state index in [1.165, 1.54) is 0 Å². The summed E-state index contributed by atoms with van der Waals surface area (Å²) >= 11 is 0.